The number of carbonyl (C=O) groups is 2. The summed E-state index contributed by atoms with van der Waals surface area (Å²) in [6.07, 6.45) is 3.83. The number of anilines is 3. The SMILES string of the molecule is CCc1cccc(C)c1Nc1ncc(C(=O)Nc2ccc(C(=O)OC)cc2)cn1. The van der Waals surface area contributed by atoms with Crippen molar-refractivity contribution in [1.29, 1.82) is 0 Å². The average molecular weight is 390 g/mol. The van der Waals surface area contributed by atoms with E-state index in [1.807, 2.05) is 19.1 Å². The lowest BCUT2D eigenvalue weighted by molar-refractivity contribution is 0.0600. The van der Waals surface area contributed by atoms with Crippen LogP contribution in [0.5, 0.6) is 0 Å². The predicted molar refractivity (Wildman–Crippen MR) is 112 cm³/mol. The number of para-hydroxylation sites is 1. The Kier molecular flexibility index (Phi) is 6.19. The van der Waals surface area contributed by atoms with Gasteiger partial charge in [0.25, 0.3) is 5.91 Å². The van der Waals surface area contributed by atoms with Crippen molar-refractivity contribution in [1.82, 2.24) is 9.97 Å². The highest BCUT2D eigenvalue weighted by Crippen LogP contribution is 2.23. The second kappa shape index (κ2) is 8.97. The van der Waals surface area contributed by atoms with Gasteiger partial charge in [-0.2, -0.15) is 0 Å². The lowest BCUT2D eigenvalue weighted by Crippen LogP contribution is -2.13. The average Bonchev–Trinajstić information content (AvgIpc) is 2.75. The molecule has 7 heteroatoms. The first-order valence-electron chi connectivity index (χ1n) is 9.19. The highest BCUT2D eigenvalue weighted by atomic mass is 16.5. The molecule has 148 valence electrons. The Labute approximate surface area is 169 Å². The molecule has 0 atom stereocenters. The number of aromatic nitrogens is 2. The smallest absolute Gasteiger partial charge is 0.337 e. The van der Waals surface area contributed by atoms with Crippen molar-refractivity contribution in [2.24, 2.45) is 0 Å². The number of nitrogens with one attached hydrogen (secondary N) is 2. The molecule has 0 unspecified atom stereocenters. The van der Waals surface area contributed by atoms with Crippen molar-refractivity contribution in [3.8, 4) is 0 Å². The van der Waals surface area contributed by atoms with E-state index < -0.39 is 5.97 Å². The van der Waals surface area contributed by atoms with E-state index in [1.54, 1.807) is 24.3 Å². The molecule has 0 bridgehead atoms. The van der Waals surface area contributed by atoms with E-state index in [1.165, 1.54) is 25.1 Å². The van der Waals surface area contributed by atoms with Gasteiger partial charge in [-0.1, -0.05) is 25.1 Å². The molecular weight excluding hydrogens is 368 g/mol. The third-order valence-electron chi connectivity index (χ3n) is 4.45. The molecule has 1 aromatic heterocycles. The van der Waals surface area contributed by atoms with Crippen LogP contribution in [0.3, 0.4) is 0 Å². The summed E-state index contributed by atoms with van der Waals surface area (Å²) < 4.78 is 4.65. The Morgan fingerprint density at radius 3 is 2.31 bits per heavy atom. The molecule has 0 spiro atoms. The van der Waals surface area contributed by atoms with Gasteiger partial charge in [0.05, 0.1) is 18.2 Å². The maximum Gasteiger partial charge on any atom is 0.337 e. The lowest BCUT2D eigenvalue weighted by Gasteiger charge is -2.13. The lowest BCUT2D eigenvalue weighted by atomic mass is 10.1. The summed E-state index contributed by atoms with van der Waals surface area (Å²) in [7, 11) is 1.32. The van der Waals surface area contributed by atoms with E-state index in [0.29, 0.717) is 22.8 Å². The minimum atomic E-state index is -0.431. The number of esters is 1. The van der Waals surface area contributed by atoms with Crippen LogP contribution in [-0.4, -0.2) is 29.0 Å². The van der Waals surface area contributed by atoms with Crippen LogP contribution in [-0.2, 0) is 11.2 Å². The molecule has 3 aromatic rings. The minimum Gasteiger partial charge on any atom is -0.465 e. The van der Waals surface area contributed by atoms with Gasteiger partial charge in [-0.15, -0.1) is 0 Å². The number of hydrogen-bond donors (Lipinski definition) is 2. The second-order valence-corrected chi connectivity index (χ2v) is 6.41. The molecule has 1 heterocycles. The van der Waals surface area contributed by atoms with Gasteiger partial charge in [-0.25, -0.2) is 14.8 Å². The van der Waals surface area contributed by atoms with Crippen molar-refractivity contribution >= 4 is 29.2 Å². The molecule has 0 fully saturated rings. The molecular formula is C22H22N4O3. The number of nitrogens with zero attached hydrogens (tertiary/aromatic N) is 2. The number of methoxy groups -OCH3 is 1. The van der Waals surface area contributed by atoms with Gasteiger partial charge in [0.2, 0.25) is 5.95 Å². The topological polar surface area (TPSA) is 93.2 Å². The van der Waals surface area contributed by atoms with Gasteiger partial charge < -0.3 is 15.4 Å². The van der Waals surface area contributed by atoms with E-state index in [2.05, 4.69) is 38.3 Å². The number of aryl methyl sites for hydroxylation is 2. The van der Waals surface area contributed by atoms with Gasteiger partial charge in [0.1, 0.15) is 0 Å². The summed E-state index contributed by atoms with van der Waals surface area (Å²) in [5, 5.41) is 5.98. The van der Waals surface area contributed by atoms with Gasteiger partial charge in [0, 0.05) is 23.8 Å². The first kappa shape index (κ1) is 20.0. The van der Waals surface area contributed by atoms with E-state index in [4.69, 9.17) is 0 Å². The van der Waals surface area contributed by atoms with Crippen LogP contribution in [0, 0.1) is 6.92 Å². The fourth-order valence-corrected chi connectivity index (χ4v) is 2.83. The zero-order valence-corrected chi connectivity index (χ0v) is 16.5. The van der Waals surface area contributed by atoms with E-state index in [-0.39, 0.29) is 5.91 Å². The monoisotopic (exact) mass is 390 g/mol. The zero-order valence-electron chi connectivity index (χ0n) is 16.5. The van der Waals surface area contributed by atoms with Crippen molar-refractivity contribution in [2.45, 2.75) is 20.3 Å². The molecule has 0 aliphatic rings. The number of amides is 1. The molecule has 0 saturated heterocycles. The predicted octanol–water partition coefficient (Wildman–Crippen LogP) is 4.13. The van der Waals surface area contributed by atoms with Gasteiger partial charge in [0.15, 0.2) is 0 Å². The maximum atomic E-state index is 12.4. The van der Waals surface area contributed by atoms with Gasteiger partial charge in [-0.05, 0) is 48.7 Å². The normalized spacial score (nSPS) is 10.3. The van der Waals surface area contributed by atoms with Crippen LogP contribution >= 0.6 is 0 Å². The Morgan fingerprint density at radius 1 is 1.00 bits per heavy atom. The van der Waals surface area contributed by atoms with E-state index >= 15 is 0 Å². The largest absolute Gasteiger partial charge is 0.465 e. The standard InChI is InChI=1S/C22H22N4O3/c1-4-15-7-5-6-14(2)19(15)26-22-23-12-17(13-24-22)20(27)25-18-10-8-16(9-11-18)21(28)29-3/h5-13H,4H2,1-3H3,(H,25,27)(H,23,24,26). The number of hydrogen-bond acceptors (Lipinski definition) is 6. The summed E-state index contributed by atoms with van der Waals surface area (Å²) in [5.74, 6) is -0.347. The van der Waals surface area contributed by atoms with Gasteiger partial charge >= 0.3 is 5.97 Å². The zero-order chi connectivity index (χ0) is 20.8. The summed E-state index contributed by atoms with van der Waals surface area (Å²) in [4.78, 5) is 32.4. The Hall–Kier alpha value is -3.74. The van der Waals surface area contributed by atoms with E-state index in [0.717, 1.165) is 17.7 Å². The van der Waals surface area contributed by atoms with E-state index in [9.17, 15) is 9.59 Å². The highest BCUT2D eigenvalue weighted by molar-refractivity contribution is 6.04. The molecule has 3 rings (SSSR count). The number of ether oxygens (including phenoxy) is 1. The summed E-state index contributed by atoms with van der Waals surface area (Å²) in [6, 6.07) is 12.5. The van der Waals surface area contributed by atoms with Crippen LogP contribution in [0.1, 0.15) is 38.8 Å². The second-order valence-electron chi connectivity index (χ2n) is 6.41. The summed E-state index contributed by atoms with van der Waals surface area (Å²) in [6.45, 7) is 4.11. The third-order valence-corrected chi connectivity index (χ3v) is 4.45. The van der Waals surface area contributed by atoms with Crippen molar-refractivity contribution < 1.29 is 14.3 Å². The Balaban J connectivity index is 1.68. The molecule has 2 N–H and O–H groups in total. The third kappa shape index (κ3) is 4.76. The molecule has 29 heavy (non-hydrogen) atoms. The quantitative estimate of drug-likeness (QED) is 0.615. The van der Waals surface area contributed by atoms with Crippen LogP contribution < -0.4 is 10.6 Å². The summed E-state index contributed by atoms with van der Waals surface area (Å²) >= 11 is 0. The highest BCUT2D eigenvalue weighted by Gasteiger charge is 2.11. The fraction of sp³-hybridized carbons (Fsp3) is 0.182. The number of benzene rings is 2. The van der Waals surface area contributed by atoms with Crippen LogP contribution in [0.25, 0.3) is 0 Å². The van der Waals surface area contributed by atoms with Crippen LogP contribution in [0.4, 0.5) is 17.3 Å². The number of rotatable bonds is 6. The molecule has 0 aliphatic heterocycles. The fourth-order valence-electron chi connectivity index (χ4n) is 2.83. The van der Waals surface area contributed by atoms with Gasteiger partial charge in [-0.3, -0.25) is 4.79 Å². The van der Waals surface area contributed by atoms with Crippen molar-refractivity contribution in [2.75, 3.05) is 17.7 Å². The van der Waals surface area contributed by atoms with Crippen LogP contribution in [0.2, 0.25) is 0 Å². The first-order chi connectivity index (χ1) is 14.0. The Bertz CT molecular complexity index is 1020. The molecule has 2 aromatic carbocycles. The maximum absolute atomic E-state index is 12.4. The van der Waals surface area contributed by atoms with Crippen LogP contribution in [0.15, 0.2) is 54.9 Å². The van der Waals surface area contributed by atoms with Crippen molar-refractivity contribution in [3.05, 3.63) is 77.1 Å². The molecule has 0 radical (unpaired) electrons. The molecule has 0 aliphatic carbocycles. The number of carbonyl (C=O) groups excluding carboxylic acids is 2. The first-order valence-corrected chi connectivity index (χ1v) is 9.19. The molecule has 0 saturated carbocycles. The van der Waals surface area contributed by atoms with Crippen molar-refractivity contribution in [3.63, 3.8) is 0 Å². The molecule has 7 nitrogen and oxygen atoms in total. The minimum absolute atomic E-state index is 0.327. The Morgan fingerprint density at radius 2 is 1.69 bits per heavy atom. The summed E-state index contributed by atoms with van der Waals surface area (Å²) in [5.41, 5.74) is 4.55. The molecule has 1 amide bonds.